The summed E-state index contributed by atoms with van der Waals surface area (Å²) in [4.78, 5) is 0. The minimum atomic E-state index is 0.133. The van der Waals surface area contributed by atoms with Crippen LogP contribution in [0.2, 0.25) is 5.02 Å². The van der Waals surface area contributed by atoms with Crippen LogP contribution < -0.4 is 5.32 Å². The van der Waals surface area contributed by atoms with Gasteiger partial charge >= 0.3 is 0 Å². The van der Waals surface area contributed by atoms with E-state index in [4.69, 9.17) is 11.6 Å². The Hall–Kier alpha value is -1.33. The van der Waals surface area contributed by atoms with Gasteiger partial charge in [-0.05, 0) is 39.3 Å². The predicted molar refractivity (Wildman–Crippen MR) is 85.7 cm³/mol. The zero-order valence-electron chi connectivity index (χ0n) is 13.4. The van der Waals surface area contributed by atoms with Crippen LogP contribution in [0.3, 0.4) is 0 Å². The molecule has 1 unspecified atom stereocenters. The first-order chi connectivity index (χ1) is 9.99. The second-order valence-corrected chi connectivity index (χ2v) is 5.83. The molecule has 0 bridgehead atoms. The number of rotatable bonds is 6. The number of hydrogen-bond donors (Lipinski definition) is 1. The maximum absolute atomic E-state index is 6.36. The summed E-state index contributed by atoms with van der Waals surface area (Å²) in [5.41, 5.74) is 4.61. The predicted octanol–water partition coefficient (Wildman–Crippen LogP) is 2.80. The minimum absolute atomic E-state index is 0.133. The molecule has 5 nitrogen and oxygen atoms in total. The SMILES string of the molecule is CCCn1ncc(Cl)c1C(Cc1c(C)nn(C)c1C)NC. The van der Waals surface area contributed by atoms with Crippen molar-refractivity contribution >= 4 is 11.6 Å². The lowest BCUT2D eigenvalue weighted by Gasteiger charge is -2.19. The molecule has 1 N–H and O–H groups in total. The van der Waals surface area contributed by atoms with Gasteiger partial charge in [0.2, 0.25) is 0 Å². The van der Waals surface area contributed by atoms with Crippen LogP contribution in [0.25, 0.3) is 0 Å². The molecule has 2 aromatic heterocycles. The molecule has 21 heavy (non-hydrogen) atoms. The van der Waals surface area contributed by atoms with Gasteiger partial charge in [0.15, 0.2) is 0 Å². The first-order valence-corrected chi connectivity index (χ1v) is 7.74. The molecule has 0 saturated heterocycles. The number of hydrogen-bond acceptors (Lipinski definition) is 3. The molecule has 2 rings (SSSR count). The molecule has 0 aliphatic heterocycles. The molecular formula is C15H24ClN5. The van der Waals surface area contributed by atoms with Crippen molar-refractivity contribution in [3.05, 3.63) is 33.9 Å². The highest BCUT2D eigenvalue weighted by molar-refractivity contribution is 6.31. The Morgan fingerprint density at radius 3 is 2.62 bits per heavy atom. The van der Waals surface area contributed by atoms with Gasteiger partial charge in [-0.25, -0.2) is 0 Å². The van der Waals surface area contributed by atoms with Gasteiger partial charge in [0.25, 0.3) is 0 Å². The molecule has 0 spiro atoms. The zero-order chi connectivity index (χ0) is 15.6. The van der Waals surface area contributed by atoms with Gasteiger partial charge in [-0.2, -0.15) is 10.2 Å². The Balaban J connectivity index is 2.34. The lowest BCUT2D eigenvalue weighted by atomic mass is 10.0. The number of aromatic nitrogens is 4. The fourth-order valence-electron chi connectivity index (χ4n) is 2.76. The number of likely N-dealkylation sites (N-methyl/N-ethyl adjacent to an activating group) is 1. The van der Waals surface area contributed by atoms with Crippen LogP contribution in [0, 0.1) is 13.8 Å². The van der Waals surface area contributed by atoms with Crippen molar-refractivity contribution in [1.29, 1.82) is 0 Å². The average Bonchev–Trinajstić information content (AvgIpc) is 2.91. The van der Waals surface area contributed by atoms with Crippen LogP contribution in [0.4, 0.5) is 0 Å². The highest BCUT2D eigenvalue weighted by Gasteiger charge is 2.22. The lowest BCUT2D eigenvalue weighted by molar-refractivity contribution is 0.495. The standard InChI is InChI=1S/C15H24ClN5/c1-6-7-21-15(13(16)9-18-21)14(17-4)8-12-10(2)19-20(5)11(12)3/h9,14,17H,6-8H2,1-5H3. The first kappa shape index (κ1) is 16.0. The topological polar surface area (TPSA) is 47.7 Å². The van der Waals surface area contributed by atoms with E-state index in [-0.39, 0.29) is 6.04 Å². The molecule has 6 heteroatoms. The summed E-state index contributed by atoms with van der Waals surface area (Å²) in [7, 11) is 3.94. The highest BCUT2D eigenvalue weighted by Crippen LogP contribution is 2.27. The van der Waals surface area contributed by atoms with Crippen LogP contribution in [0.15, 0.2) is 6.20 Å². The highest BCUT2D eigenvalue weighted by atomic mass is 35.5. The molecule has 0 radical (unpaired) electrons. The summed E-state index contributed by atoms with van der Waals surface area (Å²) in [5.74, 6) is 0. The molecule has 0 aliphatic carbocycles. The molecule has 0 saturated carbocycles. The Labute approximate surface area is 131 Å². The largest absolute Gasteiger partial charge is 0.311 e. The van der Waals surface area contributed by atoms with Gasteiger partial charge in [-0.15, -0.1) is 0 Å². The second kappa shape index (κ2) is 6.62. The second-order valence-electron chi connectivity index (χ2n) is 5.42. The number of halogens is 1. The van der Waals surface area contributed by atoms with E-state index in [9.17, 15) is 0 Å². The fraction of sp³-hybridized carbons (Fsp3) is 0.600. The van der Waals surface area contributed by atoms with Crippen LogP contribution in [-0.2, 0) is 20.0 Å². The fourth-order valence-corrected chi connectivity index (χ4v) is 3.03. The average molecular weight is 310 g/mol. The monoisotopic (exact) mass is 309 g/mol. The smallest absolute Gasteiger partial charge is 0.0834 e. The third-order valence-electron chi connectivity index (χ3n) is 4.01. The van der Waals surface area contributed by atoms with Crippen molar-refractivity contribution in [2.24, 2.45) is 7.05 Å². The van der Waals surface area contributed by atoms with Gasteiger partial charge in [-0.3, -0.25) is 9.36 Å². The van der Waals surface area contributed by atoms with E-state index in [1.165, 1.54) is 11.3 Å². The molecule has 1 atom stereocenters. The molecule has 0 aromatic carbocycles. The Bertz CT molecular complexity index is 614. The van der Waals surface area contributed by atoms with E-state index in [0.29, 0.717) is 0 Å². The quantitative estimate of drug-likeness (QED) is 0.892. The van der Waals surface area contributed by atoms with Crippen LogP contribution in [0.1, 0.15) is 42.0 Å². The number of aryl methyl sites for hydroxylation is 3. The van der Waals surface area contributed by atoms with Gasteiger partial charge < -0.3 is 5.32 Å². The van der Waals surface area contributed by atoms with E-state index < -0.39 is 0 Å². The van der Waals surface area contributed by atoms with Gasteiger partial charge in [0, 0.05) is 19.3 Å². The summed E-state index contributed by atoms with van der Waals surface area (Å²) in [5, 5.41) is 13.0. The minimum Gasteiger partial charge on any atom is -0.311 e. The molecule has 0 fully saturated rings. The molecule has 0 amide bonds. The summed E-state index contributed by atoms with van der Waals surface area (Å²) in [6.07, 6.45) is 3.63. The normalized spacial score (nSPS) is 12.9. The van der Waals surface area contributed by atoms with E-state index in [0.717, 1.165) is 35.8 Å². The van der Waals surface area contributed by atoms with Crippen molar-refractivity contribution in [1.82, 2.24) is 24.9 Å². The van der Waals surface area contributed by atoms with Gasteiger partial charge in [0.05, 0.1) is 28.6 Å². The lowest BCUT2D eigenvalue weighted by Crippen LogP contribution is -2.23. The molecule has 0 aliphatic rings. The third-order valence-corrected chi connectivity index (χ3v) is 4.31. The van der Waals surface area contributed by atoms with Crippen molar-refractivity contribution in [3.63, 3.8) is 0 Å². The van der Waals surface area contributed by atoms with E-state index in [1.54, 1.807) is 6.20 Å². The van der Waals surface area contributed by atoms with E-state index in [2.05, 4.69) is 36.3 Å². The summed E-state index contributed by atoms with van der Waals surface area (Å²) in [6.45, 7) is 7.18. The molecule has 116 valence electrons. The van der Waals surface area contributed by atoms with Crippen LogP contribution in [-0.4, -0.2) is 26.6 Å². The molecule has 2 aromatic rings. The zero-order valence-corrected chi connectivity index (χ0v) is 14.2. The number of nitrogens with zero attached hydrogens (tertiary/aromatic N) is 4. The third kappa shape index (κ3) is 3.14. The van der Waals surface area contributed by atoms with E-state index >= 15 is 0 Å². The molecular weight excluding hydrogens is 286 g/mol. The summed E-state index contributed by atoms with van der Waals surface area (Å²) < 4.78 is 3.94. The Morgan fingerprint density at radius 1 is 1.38 bits per heavy atom. The van der Waals surface area contributed by atoms with Crippen molar-refractivity contribution in [2.45, 2.75) is 46.2 Å². The van der Waals surface area contributed by atoms with Crippen LogP contribution in [0.5, 0.6) is 0 Å². The van der Waals surface area contributed by atoms with Gasteiger partial charge in [-0.1, -0.05) is 18.5 Å². The summed E-state index contributed by atoms with van der Waals surface area (Å²) >= 11 is 6.36. The maximum Gasteiger partial charge on any atom is 0.0834 e. The maximum atomic E-state index is 6.36. The molecule has 2 heterocycles. The number of nitrogens with one attached hydrogen (secondary N) is 1. The Morgan fingerprint density at radius 2 is 2.10 bits per heavy atom. The van der Waals surface area contributed by atoms with Crippen molar-refractivity contribution in [3.8, 4) is 0 Å². The first-order valence-electron chi connectivity index (χ1n) is 7.37. The summed E-state index contributed by atoms with van der Waals surface area (Å²) in [6, 6.07) is 0.133. The van der Waals surface area contributed by atoms with Crippen molar-refractivity contribution in [2.75, 3.05) is 7.05 Å². The van der Waals surface area contributed by atoms with Crippen LogP contribution >= 0.6 is 11.6 Å². The Kier molecular flexibility index (Phi) is 5.06. The van der Waals surface area contributed by atoms with E-state index in [1.807, 2.05) is 23.5 Å². The van der Waals surface area contributed by atoms with Gasteiger partial charge in [0.1, 0.15) is 0 Å². The van der Waals surface area contributed by atoms with Crippen molar-refractivity contribution < 1.29 is 0 Å².